The zero-order valence-electron chi connectivity index (χ0n) is 14.0. The van der Waals surface area contributed by atoms with Crippen LogP contribution in [-0.2, 0) is 16.1 Å². The van der Waals surface area contributed by atoms with Crippen LogP contribution in [0, 0.1) is 11.3 Å². The van der Waals surface area contributed by atoms with Crippen molar-refractivity contribution in [2.24, 2.45) is 0 Å². The highest BCUT2D eigenvalue weighted by Gasteiger charge is 2.57. The molecule has 0 aliphatic carbocycles. The second kappa shape index (κ2) is 5.94. The van der Waals surface area contributed by atoms with Crippen LogP contribution in [0.2, 0.25) is 0 Å². The lowest BCUT2D eigenvalue weighted by Gasteiger charge is -2.33. The molecule has 1 amide bonds. The Morgan fingerprint density at radius 3 is 2.42 bits per heavy atom. The Kier molecular flexibility index (Phi) is 3.71. The van der Waals surface area contributed by atoms with Crippen molar-refractivity contribution >= 4 is 17.3 Å². The number of hydrogen-bond acceptors (Lipinski definition) is 4. The standard InChI is InChI=1S/C21H16N2O3/c22-11-14-6-8-15(9-7-14)12-23-13-17(24)10-18(23)20(25)19(21(23)26)16-4-2-1-3-5-16/h1-9,18H,10,12-13H2/t18-,23?/m1/s1. The fraction of sp³-hybridized carbons (Fsp3) is 0.190. The lowest BCUT2D eigenvalue weighted by atomic mass is 10.0. The summed E-state index contributed by atoms with van der Waals surface area (Å²) >= 11 is 0. The van der Waals surface area contributed by atoms with E-state index in [0.717, 1.165) is 5.56 Å². The second-order valence-corrected chi connectivity index (χ2v) is 6.83. The summed E-state index contributed by atoms with van der Waals surface area (Å²) < 4.78 is -0.159. The van der Waals surface area contributed by atoms with Gasteiger partial charge in [-0.15, -0.1) is 0 Å². The van der Waals surface area contributed by atoms with Gasteiger partial charge in [0, 0.05) is 5.56 Å². The number of nitrogens with zero attached hydrogens (tertiary/aromatic N) is 2. The number of rotatable bonds is 3. The maximum Gasteiger partial charge on any atom is 0.346 e. The third-order valence-electron chi connectivity index (χ3n) is 5.25. The highest BCUT2D eigenvalue weighted by atomic mass is 16.3. The van der Waals surface area contributed by atoms with Crippen LogP contribution in [-0.4, -0.2) is 28.8 Å². The minimum absolute atomic E-state index is 0.0472. The number of Topliss-reactive ketones (excluding diaryl/α,β-unsaturated/α-hetero) is 1. The Labute approximate surface area is 151 Å². The molecule has 2 aliphatic heterocycles. The molecule has 1 fully saturated rings. The van der Waals surface area contributed by atoms with Gasteiger partial charge in [0.15, 0.2) is 5.78 Å². The van der Waals surface area contributed by atoms with Crippen LogP contribution in [0.3, 0.4) is 0 Å². The summed E-state index contributed by atoms with van der Waals surface area (Å²) in [5, 5.41) is 21.9. The van der Waals surface area contributed by atoms with Crippen LogP contribution in [0.5, 0.6) is 0 Å². The molecule has 0 aromatic heterocycles. The maximum atomic E-state index is 13.3. The number of amides is 1. The first-order chi connectivity index (χ1) is 12.5. The lowest BCUT2D eigenvalue weighted by Crippen LogP contribution is -2.53. The molecule has 2 aromatic rings. The molecule has 0 spiro atoms. The van der Waals surface area contributed by atoms with Gasteiger partial charge >= 0.3 is 5.91 Å². The molecule has 26 heavy (non-hydrogen) atoms. The van der Waals surface area contributed by atoms with Gasteiger partial charge in [-0.2, -0.15) is 5.26 Å². The van der Waals surface area contributed by atoms with Gasteiger partial charge in [-0.25, -0.2) is 9.28 Å². The molecular formula is C21H16N2O3. The zero-order valence-corrected chi connectivity index (χ0v) is 14.0. The van der Waals surface area contributed by atoms with E-state index in [1.54, 1.807) is 48.5 Å². The van der Waals surface area contributed by atoms with E-state index < -0.39 is 6.04 Å². The second-order valence-electron chi connectivity index (χ2n) is 6.83. The number of hydrogen-bond donors (Lipinski definition) is 0. The number of quaternary nitrogens is 1. The van der Waals surface area contributed by atoms with E-state index in [2.05, 4.69) is 6.07 Å². The van der Waals surface area contributed by atoms with Gasteiger partial charge in [-0.1, -0.05) is 48.2 Å². The van der Waals surface area contributed by atoms with E-state index in [9.17, 15) is 14.7 Å². The minimum Gasteiger partial charge on any atom is -0.871 e. The normalized spacial score (nSPS) is 24.7. The molecule has 0 radical (unpaired) electrons. The monoisotopic (exact) mass is 344 g/mol. The van der Waals surface area contributed by atoms with Crippen molar-refractivity contribution in [1.82, 2.24) is 0 Å². The van der Waals surface area contributed by atoms with Crippen molar-refractivity contribution < 1.29 is 19.2 Å². The molecule has 1 unspecified atom stereocenters. The van der Waals surface area contributed by atoms with Crippen molar-refractivity contribution in [3.8, 4) is 6.07 Å². The largest absolute Gasteiger partial charge is 0.871 e. The Morgan fingerprint density at radius 2 is 1.77 bits per heavy atom. The van der Waals surface area contributed by atoms with Gasteiger partial charge in [0.25, 0.3) is 0 Å². The predicted octanol–water partition coefficient (Wildman–Crippen LogP) is 1.53. The van der Waals surface area contributed by atoms with E-state index in [1.807, 2.05) is 6.07 Å². The Bertz CT molecular complexity index is 971. The molecule has 0 N–H and O–H groups in total. The summed E-state index contributed by atoms with van der Waals surface area (Å²) in [5.74, 6) is -0.570. The molecule has 4 rings (SSSR count). The summed E-state index contributed by atoms with van der Waals surface area (Å²) in [6.45, 7) is 0.328. The number of nitriles is 1. The fourth-order valence-corrected chi connectivity index (χ4v) is 4.02. The molecule has 2 atom stereocenters. The van der Waals surface area contributed by atoms with Crippen LogP contribution in [0.15, 0.2) is 60.4 Å². The number of carbonyl (C=O) groups is 2. The average Bonchev–Trinajstić information content (AvgIpc) is 3.08. The maximum absolute atomic E-state index is 13.3. The van der Waals surface area contributed by atoms with Gasteiger partial charge in [-0.3, -0.25) is 4.79 Å². The Hall–Kier alpha value is -3.23. The van der Waals surface area contributed by atoms with Crippen LogP contribution in [0.25, 0.3) is 5.57 Å². The molecule has 0 saturated carbocycles. The summed E-state index contributed by atoms with van der Waals surface area (Å²) in [6, 6.07) is 17.3. The van der Waals surface area contributed by atoms with Crippen molar-refractivity contribution in [2.45, 2.75) is 19.0 Å². The van der Waals surface area contributed by atoms with Gasteiger partial charge in [0.05, 0.1) is 23.6 Å². The van der Waals surface area contributed by atoms with E-state index in [0.29, 0.717) is 11.1 Å². The van der Waals surface area contributed by atoms with Crippen LogP contribution < -0.4 is 5.11 Å². The number of ketones is 1. The van der Waals surface area contributed by atoms with E-state index in [4.69, 9.17) is 5.26 Å². The molecule has 1 saturated heterocycles. The number of carbonyl (C=O) groups excluding carboxylic acids is 2. The van der Waals surface area contributed by atoms with E-state index >= 15 is 0 Å². The third kappa shape index (κ3) is 2.35. The highest BCUT2D eigenvalue weighted by molar-refractivity contribution is 6.19. The first kappa shape index (κ1) is 16.2. The molecule has 2 heterocycles. The van der Waals surface area contributed by atoms with E-state index in [-0.39, 0.29) is 47.0 Å². The zero-order chi connectivity index (χ0) is 18.3. The molecule has 5 heteroatoms. The highest BCUT2D eigenvalue weighted by Crippen LogP contribution is 2.42. The van der Waals surface area contributed by atoms with Gasteiger partial charge < -0.3 is 5.11 Å². The lowest BCUT2D eigenvalue weighted by molar-refractivity contribution is -0.869. The summed E-state index contributed by atoms with van der Waals surface area (Å²) in [7, 11) is 0. The topological polar surface area (TPSA) is 81.0 Å². The van der Waals surface area contributed by atoms with Gasteiger partial charge in [0.2, 0.25) is 0 Å². The van der Waals surface area contributed by atoms with Crippen LogP contribution in [0.4, 0.5) is 0 Å². The Balaban J connectivity index is 1.76. The van der Waals surface area contributed by atoms with E-state index in [1.165, 1.54) is 0 Å². The first-order valence-electron chi connectivity index (χ1n) is 8.44. The Morgan fingerprint density at radius 1 is 1.08 bits per heavy atom. The minimum atomic E-state index is -0.638. The van der Waals surface area contributed by atoms with Crippen LogP contribution in [0.1, 0.15) is 23.1 Å². The van der Waals surface area contributed by atoms with Crippen molar-refractivity contribution in [3.05, 3.63) is 77.0 Å². The molecule has 2 aliphatic rings. The molecule has 128 valence electrons. The quantitative estimate of drug-likeness (QED) is 0.791. The van der Waals surface area contributed by atoms with Crippen LogP contribution >= 0.6 is 0 Å². The predicted molar refractivity (Wildman–Crippen MR) is 91.8 cm³/mol. The van der Waals surface area contributed by atoms with Crippen molar-refractivity contribution in [1.29, 1.82) is 5.26 Å². The molecule has 0 bridgehead atoms. The fourth-order valence-electron chi connectivity index (χ4n) is 4.02. The number of benzene rings is 2. The third-order valence-corrected chi connectivity index (χ3v) is 5.25. The first-order valence-corrected chi connectivity index (χ1v) is 8.44. The average molecular weight is 344 g/mol. The molecular weight excluding hydrogens is 328 g/mol. The summed E-state index contributed by atoms with van der Waals surface area (Å²) in [4.78, 5) is 25.4. The van der Waals surface area contributed by atoms with Crippen molar-refractivity contribution in [3.63, 3.8) is 0 Å². The smallest absolute Gasteiger partial charge is 0.346 e. The van der Waals surface area contributed by atoms with Crippen molar-refractivity contribution in [2.75, 3.05) is 6.54 Å². The SMILES string of the molecule is N#Cc1ccc(C[N+]23CC(=O)C[C@@H]2C([O-])=C(c2ccccc2)C3=O)cc1. The number of fused-ring (bicyclic) bond motifs is 1. The summed E-state index contributed by atoms with van der Waals surface area (Å²) in [5.41, 5.74) is 2.18. The molecule has 2 aromatic carbocycles. The van der Waals surface area contributed by atoms with Gasteiger partial charge in [-0.05, 0) is 17.7 Å². The van der Waals surface area contributed by atoms with Gasteiger partial charge in [0.1, 0.15) is 19.1 Å². The summed E-state index contributed by atoms with van der Waals surface area (Å²) in [6.07, 6.45) is 0.108. The molecule has 5 nitrogen and oxygen atoms in total.